The molecule has 0 unspecified atom stereocenters. The lowest BCUT2D eigenvalue weighted by Gasteiger charge is -2.10. The molecule has 0 aliphatic carbocycles. The SMILES string of the molecule is Cc1cc(C(=O)Nc2ccc(-n3cccn3)c(F)c2)c(C)n1-c1ccccn1. The fourth-order valence-electron chi connectivity index (χ4n) is 3.21. The van der Waals surface area contributed by atoms with E-state index in [1.807, 2.05) is 36.6 Å². The number of carbonyl (C=O) groups is 1. The maximum Gasteiger partial charge on any atom is 0.257 e. The van der Waals surface area contributed by atoms with E-state index in [4.69, 9.17) is 0 Å². The smallest absolute Gasteiger partial charge is 0.257 e. The van der Waals surface area contributed by atoms with Crippen molar-refractivity contribution >= 4 is 11.6 Å². The summed E-state index contributed by atoms with van der Waals surface area (Å²) in [6.07, 6.45) is 4.94. The zero-order valence-electron chi connectivity index (χ0n) is 15.4. The Morgan fingerprint density at radius 1 is 1.07 bits per heavy atom. The first-order chi connectivity index (χ1) is 13.5. The number of amides is 1. The second-order valence-corrected chi connectivity index (χ2v) is 6.38. The second kappa shape index (κ2) is 7.11. The van der Waals surface area contributed by atoms with Gasteiger partial charge in [-0.05, 0) is 56.3 Å². The molecule has 0 atom stereocenters. The molecule has 0 bridgehead atoms. The molecule has 0 saturated carbocycles. The third kappa shape index (κ3) is 3.18. The first kappa shape index (κ1) is 17.7. The fourth-order valence-corrected chi connectivity index (χ4v) is 3.21. The summed E-state index contributed by atoms with van der Waals surface area (Å²) in [6.45, 7) is 3.77. The van der Waals surface area contributed by atoms with Crippen LogP contribution in [0.15, 0.2) is 67.1 Å². The molecule has 7 heteroatoms. The van der Waals surface area contributed by atoms with E-state index in [1.54, 1.807) is 42.9 Å². The van der Waals surface area contributed by atoms with Crippen molar-refractivity contribution in [1.82, 2.24) is 19.3 Å². The van der Waals surface area contributed by atoms with E-state index in [9.17, 15) is 9.18 Å². The van der Waals surface area contributed by atoms with Gasteiger partial charge in [-0.2, -0.15) is 5.10 Å². The number of rotatable bonds is 4. The molecule has 1 amide bonds. The quantitative estimate of drug-likeness (QED) is 0.585. The maximum absolute atomic E-state index is 14.4. The standard InChI is InChI=1S/C21H18FN5O/c1-14-12-17(15(2)27(14)20-6-3-4-9-23-20)21(28)25-16-7-8-19(18(22)13-16)26-11-5-10-24-26/h3-13H,1-2H3,(H,25,28). The van der Waals surface area contributed by atoms with Crippen LogP contribution in [0.2, 0.25) is 0 Å². The summed E-state index contributed by atoms with van der Waals surface area (Å²) in [4.78, 5) is 17.1. The third-order valence-electron chi connectivity index (χ3n) is 4.51. The van der Waals surface area contributed by atoms with Gasteiger partial charge in [0.1, 0.15) is 11.5 Å². The van der Waals surface area contributed by atoms with Crippen LogP contribution in [0.3, 0.4) is 0 Å². The van der Waals surface area contributed by atoms with E-state index in [0.29, 0.717) is 16.9 Å². The lowest BCUT2D eigenvalue weighted by Crippen LogP contribution is -2.13. The summed E-state index contributed by atoms with van der Waals surface area (Å²) < 4.78 is 17.8. The number of halogens is 1. The maximum atomic E-state index is 14.4. The average molecular weight is 375 g/mol. The summed E-state index contributed by atoms with van der Waals surface area (Å²) in [6, 6.07) is 13.6. The van der Waals surface area contributed by atoms with Crippen molar-refractivity contribution in [3.05, 3.63) is 89.9 Å². The van der Waals surface area contributed by atoms with Crippen molar-refractivity contribution < 1.29 is 9.18 Å². The summed E-state index contributed by atoms with van der Waals surface area (Å²) in [5, 5.41) is 6.78. The minimum Gasteiger partial charge on any atom is -0.322 e. The van der Waals surface area contributed by atoms with Crippen molar-refractivity contribution in [2.24, 2.45) is 0 Å². The Kier molecular flexibility index (Phi) is 4.49. The van der Waals surface area contributed by atoms with Crippen molar-refractivity contribution in [3.8, 4) is 11.5 Å². The number of hydrogen-bond acceptors (Lipinski definition) is 3. The van der Waals surface area contributed by atoms with E-state index in [2.05, 4.69) is 15.4 Å². The van der Waals surface area contributed by atoms with Gasteiger partial charge in [0, 0.05) is 35.7 Å². The Morgan fingerprint density at radius 3 is 2.61 bits per heavy atom. The molecular weight excluding hydrogens is 357 g/mol. The van der Waals surface area contributed by atoms with Gasteiger partial charge in [0.2, 0.25) is 0 Å². The molecule has 0 fully saturated rings. The number of nitrogens with zero attached hydrogens (tertiary/aromatic N) is 4. The lowest BCUT2D eigenvalue weighted by molar-refractivity contribution is 0.102. The number of hydrogen-bond donors (Lipinski definition) is 1. The van der Waals surface area contributed by atoms with Gasteiger partial charge in [-0.1, -0.05) is 6.07 Å². The van der Waals surface area contributed by atoms with Crippen LogP contribution in [0.4, 0.5) is 10.1 Å². The third-order valence-corrected chi connectivity index (χ3v) is 4.51. The van der Waals surface area contributed by atoms with Gasteiger partial charge >= 0.3 is 0 Å². The molecule has 0 aliphatic rings. The summed E-state index contributed by atoms with van der Waals surface area (Å²) >= 11 is 0. The van der Waals surface area contributed by atoms with Crippen LogP contribution in [-0.2, 0) is 0 Å². The molecule has 140 valence electrons. The van der Waals surface area contributed by atoms with Crippen LogP contribution in [0, 0.1) is 19.7 Å². The van der Waals surface area contributed by atoms with Gasteiger partial charge in [0.15, 0.2) is 5.82 Å². The molecule has 0 aliphatic heterocycles. The molecule has 1 aromatic carbocycles. The highest BCUT2D eigenvalue weighted by molar-refractivity contribution is 6.05. The lowest BCUT2D eigenvalue weighted by atomic mass is 10.2. The van der Waals surface area contributed by atoms with E-state index >= 15 is 0 Å². The van der Waals surface area contributed by atoms with Gasteiger partial charge in [-0.15, -0.1) is 0 Å². The molecule has 4 rings (SSSR count). The van der Waals surface area contributed by atoms with Gasteiger partial charge in [0.05, 0.1) is 5.56 Å². The van der Waals surface area contributed by atoms with E-state index in [-0.39, 0.29) is 5.91 Å². The van der Waals surface area contributed by atoms with Crippen LogP contribution in [0.25, 0.3) is 11.5 Å². The minimum absolute atomic E-state index is 0.304. The van der Waals surface area contributed by atoms with Crippen molar-refractivity contribution in [2.45, 2.75) is 13.8 Å². The first-order valence-electron chi connectivity index (χ1n) is 8.76. The van der Waals surface area contributed by atoms with Crippen LogP contribution in [0.5, 0.6) is 0 Å². The van der Waals surface area contributed by atoms with Crippen LogP contribution in [-0.4, -0.2) is 25.2 Å². The molecule has 1 N–H and O–H groups in total. The molecule has 0 saturated heterocycles. The van der Waals surface area contributed by atoms with Crippen molar-refractivity contribution in [3.63, 3.8) is 0 Å². The minimum atomic E-state index is -0.472. The number of anilines is 1. The first-order valence-corrected chi connectivity index (χ1v) is 8.76. The topological polar surface area (TPSA) is 64.7 Å². The number of aromatic nitrogens is 4. The van der Waals surface area contributed by atoms with Gasteiger partial charge in [-0.25, -0.2) is 14.1 Å². The molecule has 4 aromatic rings. The van der Waals surface area contributed by atoms with E-state index < -0.39 is 5.82 Å². The van der Waals surface area contributed by atoms with Crippen LogP contribution in [0.1, 0.15) is 21.7 Å². The summed E-state index contributed by atoms with van der Waals surface area (Å²) in [7, 11) is 0. The van der Waals surface area contributed by atoms with E-state index in [0.717, 1.165) is 17.2 Å². The highest BCUT2D eigenvalue weighted by Crippen LogP contribution is 2.22. The molecule has 3 aromatic heterocycles. The predicted octanol–water partition coefficient (Wildman–Crippen LogP) is 4.07. The monoisotopic (exact) mass is 375 g/mol. The van der Waals surface area contributed by atoms with Crippen LogP contribution < -0.4 is 5.32 Å². The Morgan fingerprint density at radius 2 is 1.93 bits per heavy atom. The Bertz CT molecular complexity index is 1130. The summed E-state index contributed by atoms with van der Waals surface area (Å²) in [5.74, 6) is -0.0341. The fraction of sp³-hybridized carbons (Fsp3) is 0.0952. The molecular formula is C21H18FN5O. The Balaban J connectivity index is 1.60. The second-order valence-electron chi connectivity index (χ2n) is 6.38. The van der Waals surface area contributed by atoms with Crippen molar-refractivity contribution in [2.75, 3.05) is 5.32 Å². The van der Waals surface area contributed by atoms with Gasteiger partial charge in [-0.3, -0.25) is 4.79 Å². The van der Waals surface area contributed by atoms with Crippen molar-refractivity contribution in [1.29, 1.82) is 0 Å². The zero-order valence-corrected chi connectivity index (χ0v) is 15.4. The number of pyridine rings is 1. The number of benzene rings is 1. The Labute approximate surface area is 161 Å². The highest BCUT2D eigenvalue weighted by atomic mass is 19.1. The molecule has 6 nitrogen and oxygen atoms in total. The molecule has 28 heavy (non-hydrogen) atoms. The number of carbonyl (C=O) groups excluding carboxylic acids is 1. The zero-order chi connectivity index (χ0) is 19.7. The normalized spacial score (nSPS) is 10.8. The molecule has 0 spiro atoms. The average Bonchev–Trinajstić information content (AvgIpc) is 3.31. The highest BCUT2D eigenvalue weighted by Gasteiger charge is 2.18. The van der Waals surface area contributed by atoms with Gasteiger partial charge < -0.3 is 9.88 Å². The van der Waals surface area contributed by atoms with Gasteiger partial charge in [0.25, 0.3) is 5.91 Å². The van der Waals surface area contributed by atoms with E-state index in [1.165, 1.54) is 10.7 Å². The largest absolute Gasteiger partial charge is 0.322 e. The summed E-state index contributed by atoms with van der Waals surface area (Å²) in [5.41, 5.74) is 2.86. The number of nitrogens with one attached hydrogen (secondary N) is 1. The molecule has 3 heterocycles. The predicted molar refractivity (Wildman–Crippen MR) is 105 cm³/mol. The Hall–Kier alpha value is -3.74. The molecule has 0 radical (unpaired) electrons. The number of aryl methyl sites for hydroxylation is 1. The van der Waals surface area contributed by atoms with Crippen LogP contribution >= 0.6 is 0 Å².